The first-order chi connectivity index (χ1) is 15.1. The van der Waals surface area contributed by atoms with Crippen LogP contribution in [0.1, 0.15) is 16.8 Å². The zero-order valence-corrected chi connectivity index (χ0v) is 17.5. The van der Waals surface area contributed by atoms with Crippen LogP contribution < -0.4 is 16.1 Å². The SMILES string of the molecule is Cn1c2c(c3ccc(-n4ccc(OCc5ccccc5)cc4=O)nc31)CCN(N)CC2. The highest BCUT2D eigenvalue weighted by Gasteiger charge is 2.20. The molecule has 0 aliphatic carbocycles. The number of aryl methyl sites for hydroxylation is 1. The van der Waals surface area contributed by atoms with Crippen LogP contribution in [0.4, 0.5) is 0 Å². The molecule has 0 saturated heterocycles. The number of pyridine rings is 2. The van der Waals surface area contributed by atoms with E-state index in [1.54, 1.807) is 16.8 Å². The van der Waals surface area contributed by atoms with Gasteiger partial charge in [0.2, 0.25) is 0 Å². The van der Waals surface area contributed by atoms with Gasteiger partial charge in [-0.2, -0.15) is 0 Å². The van der Waals surface area contributed by atoms with Gasteiger partial charge in [-0.15, -0.1) is 0 Å². The minimum absolute atomic E-state index is 0.174. The highest BCUT2D eigenvalue weighted by Crippen LogP contribution is 2.27. The Morgan fingerprint density at radius 2 is 1.87 bits per heavy atom. The predicted octanol–water partition coefficient (Wildman–Crippen LogP) is 2.58. The zero-order valence-electron chi connectivity index (χ0n) is 17.5. The van der Waals surface area contributed by atoms with E-state index in [2.05, 4.69) is 10.6 Å². The lowest BCUT2D eigenvalue weighted by Crippen LogP contribution is -2.33. The summed E-state index contributed by atoms with van der Waals surface area (Å²) in [4.78, 5) is 17.6. The minimum Gasteiger partial charge on any atom is -0.489 e. The first kappa shape index (κ1) is 19.5. The van der Waals surface area contributed by atoms with Crippen molar-refractivity contribution in [3.63, 3.8) is 0 Å². The van der Waals surface area contributed by atoms with E-state index in [1.165, 1.54) is 17.3 Å². The molecule has 0 fully saturated rings. The molecule has 4 heterocycles. The van der Waals surface area contributed by atoms with E-state index in [9.17, 15) is 4.79 Å². The molecule has 7 heteroatoms. The highest BCUT2D eigenvalue weighted by atomic mass is 16.5. The summed E-state index contributed by atoms with van der Waals surface area (Å²) in [5, 5.41) is 3.00. The van der Waals surface area contributed by atoms with Gasteiger partial charge in [0.15, 0.2) is 0 Å². The van der Waals surface area contributed by atoms with Crippen LogP contribution in [0.25, 0.3) is 16.9 Å². The first-order valence-corrected chi connectivity index (χ1v) is 10.5. The summed E-state index contributed by atoms with van der Waals surface area (Å²) in [7, 11) is 2.04. The van der Waals surface area contributed by atoms with Gasteiger partial charge in [0.1, 0.15) is 23.8 Å². The van der Waals surface area contributed by atoms with Crippen molar-refractivity contribution < 1.29 is 4.74 Å². The van der Waals surface area contributed by atoms with E-state index in [4.69, 9.17) is 15.6 Å². The van der Waals surface area contributed by atoms with Crippen molar-refractivity contribution in [3.05, 3.63) is 88.0 Å². The van der Waals surface area contributed by atoms with Crippen molar-refractivity contribution in [2.75, 3.05) is 13.1 Å². The van der Waals surface area contributed by atoms with Gasteiger partial charge in [-0.05, 0) is 35.7 Å². The van der Waals surface area contributed by atoms with Crippen LogP contribution in [0.5, 0.6) is 5.75 Å². The van der Waals surface area contributed by atoms with E-state index in [1.807, 2.05) is 48.5 Å². The number of aromatic nitrogens is 3. The van der Waals surface area contributed by atoms with Gasteiger partial charge < -0.3 is 9.30 Å². The molecule has 5 rings (SSSR count). The molecule has 0 unspecified atom stereocenters. The van der Waals surface area contributed by atoms with Gasteiger partial charge in [0, 0.05) is 49.9 Å². The molecule has 0 atom stereocenters. The van der Waals surface area contributed by atoms with Crippen LogP contribution in [-0.4, -0.2) is 32.2 Å². The molecule has 0 spiro atoms. The van der Waals surface area contributed by atoms with Crippen molar-refractivity contribution in [2.45, 2.75) is 19.4 Å². The third-order valence-electron chi connectivity index (χ3n) is 5.93. The molecule has 0 amide bonds. The molecule has 1 aliphatic heterocycles. The van der Waals surface area contributed by atoms with Crippen LogP contribution in [0.3, 0.4) is 0 Å². The Balaban J connectivity index is 1.44. The Morgan fingerprint density at radius 3 is 2.68 bits per heavy atom. The Morgan fingerprint density at radius 1 is 1.06 bits per heavy atom. The Bertz CT molecular complexity index is 1290. The Hall–Kier alpha value is -3.42. The predicted molar refractivity (Wildman–Crippen MR) is 120 cm³/mol. The number of hydrogen-bond acceptors (Lipinski definition) is 5. The fraction of sp³-hybridized carbons (Fsp3) is 0.250. The maximum Gasteiger partial charge on any atom is 0.259 e. The molecular formula is C24H25N5O2. The average Bonchev–Trinajstić information content (AvgIpc) is 2.91. The average molecular weight is 415 g/mol. The minimum atomic E-state index is -0.174. The number of nitrogens with zero attached hydrogens (tertiary/aromatic N) is 4. The van der Waals surface area contributed by atoms with Crippen molar-refractivity contribution >= 4 is 11.0 Å². The van der Waals surface area contributed by atoms with Crippen molar-refractivity contribution in [1.82, 2.24) is 19.1 Å². The lowest BCUT2D eigenvalue weighted by atomic mass is 10.1. The highest BCUT2D eigenvalue weighted by molar-refractivity contribution is 5.83. The third-order valence-corrected chi connectivity index (χ3v) is 5.93. The number of ether oxygens (including phenoxy) is 1. The normalized spacial score (nSPS) is 14.4. The summed E-state index contributed by atoms with van der Waals surface area (Å²) in [6, 6.07) is 17.2. The van der Waals surface area contributed by atoms with Crippen LogP contribution in [0.15, 0.2) is 65.6 Å². The summed E-state index contributed by atoms with van der Waals surface area (Å²) in [5.74, 6) is 7.16. The molecule has 0 radical (unpaired) electrons. The smallest absolute Gasteiger partial charge is 0.259 e. The van der Waals surface area contributed by atoms with E-state index >= 15 is 0 Å². The van der Waals surface area contributed by atoms with Crippen molar-refractivity contribution in [1.29, 1.82) is 0 Å². The van der Waals surface area contributed by atoms with Crippen LogP contribution >= 0.6 is 0 Å². The molecular weight excluding hydrogens is 390 g/mol. The first-order valence-electron chi connectivity index (χ1n) is 10.5. The summed E-state index contributed by atoms with van der Waals surface area (Å²) >= 11 is 0. The second-order valence-electron chi connectivity index (χ2n) is 7.91. The molecule has 0 bridgehead atoms. The molecule has 3 aromatic heterocycles. The van der Waals surface area contributed by atoms with Crippen LogP contribution in [-0.2, 0) is 26.5 Å². The lowest BCUT2D eigenvalue weighted by Gasteiger charge is -2.12. The van der Waals surface area contributed by atoms with Gasteiger partial charge in [-0.1, -0.05) is 30.3 Å². The standard InChI is InChI=1S/C24H25N5O2/c1-27-21-11-13-28(25)12-10-19(21)20-7-8-22(26-24(20)27)29-14-9-18(15-23(29)30)31-16-17-5-3-2-4-6-17/h2-9,14-15H,10-13,16,25H2,1H3. The van der Waals surface area contributed by atoms with Gasteiger partial charge in [-0.3, -0.25) is 15.2 Å². The number of hydrogen-bond donors (Lipinski definition) is 1. The van der Waals surface area contributed by atoms with Crippen molar-refractivity contribution in [3.8, 4) is 11.6 Å². The Labute approximate surface area is 180 Å². The molecule has 4 aromatic rings. The molecule has 31 heavy (non-hydrogen) atoms. The molecule has 0 saturated carbocycles. The second-order valence-corrected chi connectivity index (χ2v) is 7.91. The molecule has 1 aliphatic rings. The summed E-state index contributed by atoms with van der Waals surface area (Å²) in [6.45, 7) is 2.08. The monoisotopic (exact) mass is 415 g/mol. The zero-order chi connectivity index (χ0) is 21.4. The third kappa shape index (κ3) is 3.73. The van der Waals surface area contributed by atoms with Gasteiger partial charge in [0.05, 0.1) is 0 Å². The number of rotatable bonds is 4. The van der Waals surface area contributed by atoms with E-state index in [0.29, 0.717) is 18.2 Å². The number of fused-ring (bicyclic) bond motifs is 3. The molecule has 1 aromatic carbocycles. The van der Waals surface area contributed by atoms with E-state index in [0.717, 1.165) is 42.5 Å². The quantitative estimate of drug-likeness (QED) is 0.519. The topological polar surface area (TPSA) is 78.3 Å². The summed E-state index contributed by atoms with van der Waals surface area (Å²) in [5.41, 5.74) is 4.35. The van der Waals surface area contributed by atoms with Crippen LogP contribution in [0.2, 0.25) is 0 Å². The van der Waals surface area contributed by atoms with Gasteiger partial charge in [0.25, 0.3) is 5.56 Å². The van der Waals surface area contributed by atoms with Crippen molar-refractivity contribution in [2.24, 2.45) is 12.9 Å². The maximum atomic E-state index is 12.8. The number of hydrazine groups is 1. The second kappa shape index (κ2) is 8.02. The molecule has 7 nitrogen and oxygen atoms in total. The lowest BCUT2D eigenvalue weighted by molar-refractivity contribution is 0.297. The largest absolute Gasteiger partial charge is 0.489 e. The summed E-state index contributed by atoms with van der Waals surface area (Å²) < 4.78 is 9.46. The van der Waals surface area contributed by atoms with E-state index in [-0.39, 0.29) is 5.56 Å². The number of benzene rings is 1. The number of nitrogens with two attached hydrogens (primary N) is 1. The molecule has 2 N–H and O–H groups in total. The fourth-order valence-corrected chi connectivity index (χ4v) is 4.24. The van der Waals surface area contributed by atoms with Gasteiger partial charge >= 0.3 is 0 Å². The van der Waals surface area contributed by atoms with Crippen LogP contribution in [0, 0.1) is 0 Å². The maximum absolute atomic E-state index is 12.8. The summed E-state index contributed by atoms with van der Waals surface area (Å²) in [6.07, 6.45) is 3.51. The van der Waals surface area contributed by atoms with E-state index < -0.39 is 0 Å². The Kier molecular flexibility index (Phi) is 5.05. The molecule has 158 valence electrons. The fourth-order valence-electron chi connectivity index (χ4n) is 4.24. The van der Waals surface area contributed by atoms with Gasteiger partial charge in [-0.25, -0.2) is 9.99 Å².